The van der Waals surface area contributed by atoms with Gasteiger partial charge in [0.2, 0.25) is 0 Å². The van der Waals surface area contributed by atoms with E-state index in [1.165, 1.54) is 0 Å². The van der Waals surface area contributed by atoms with E-state index in [-0.39, 0.29) is 5.54 Å². The predicted octanol–water partition coefficient (Wildman–Crippen LogP) is 3.87. The van der Waals surface area contributed by atoms with Crippen LogP contribution in [0.15, 0.2) is 79.3 Å². The Balaban J connectivity index is 1.45. The summed E-state index contributed by atoms with van der Waals surface area (Å²) < 4.78 is 0. The second-order valence-corrected chi connectivity index (χ2v) is 7.49. The summed E-state index contributed by atoms with van der Waals surface area (Å²) in [5.74, 6) is 2.56. The van der Waals surface area contributed by atoms with E-state index in [1.54, 1.807) is 12.4 Å². The van der Waals surface area contributed by atoms with Crippen LogP contribution < -0.4 is 10.2 Å². The number of nitrogens with zero attached hydrogens (tertiary/aromatic N) is 5. The third kappa shape index (κ3) is 3.61. The molecule has 0 radical (unpaired) electrons. The van der Waals surface area contributed by atoms with Crippen LogP contribution in [0.2, 0.25) is 0 Å². The van der Waals surface area contributed by atoms with E-state index >= 15 is 0 Å². The van der Waals surface area contributed by atoms with Crippen molar-refractivity contribution >= 4 is 11.5 Å². The number of rotatable bonds is 5. The summed E-state index contributed by atoms with van der Waals surface area (Å²) in [4.78, 5) is 15.8. The minimum absolute atomic E-state index is 0.328. The average molecular weight is 397 g/mol. The number of para-hydroxylation sites is 1. The summed E-state index contributed by atoms with van der Waals surface area (Å²) in [6, 6.07) is 20.2. The monoisotopic (exact) mass is 397 g/mol. The zero-order valence-electron chi connectivity index (χ0n) is 16.6. The summed E-state index contributed by atoms with van der Waals surface area (Å²) in [7, 11) is 0. The van der Waals surface area contributed by atoms with E-state index in [4.69, 9.17) is 4.98 Å². The molecule has 4 heterocycles. The van der Waals surface area contributed by atoms with Gasteiger partial charge < -0.3 is 10.2 Å². The highest BCUT2D eigenvalue weighted by atomic mass is 15.3. The number of aromatic nitrogens is 5. The fourth-order valence-electron chi connectivity index (χ4n) is 3.98. The molecule has 0 spiro atoms. The molecule has 0 unspecified atom stereocenters. The van der Waals surface area contributed by atoms with Gasteiger partial charge in [-0.25, -0.2) is 9.97 Å². The molecule has 2 N–H and O–H groups in total. The van der Waals surface area contributed by atoms with Gasteiger partial charge in [-0.1, -0.05) is 24.3 Å². The molecule has 0 aliphatic carbocycles. The molecule has 0 bridgehead atoms. The predicted molar refractivity (Wildman–Crippen MR) is 117 cm³/mol. The second-order valence-electron chi connectivity index (χ2n) is 7.49. The molecular formula is C23H23N7. The zero-order valence-corrected chi connectivity index (χ0v) is 16.6. The van der Waals surface area contributed by atoms with Crippen molar-refractivity contribution in [1.29, 1.82) is 0 Å². The Morgan fingerprint density at radius 1 is 0.867 bits per heavy atom. The van der Waals surface area contributed by atoms with Crippen molar-refractivity contribution in [3.63, 3.8) is 0 Å². The van der Waals surface area contributed by atoms with Gasteiger partial charge in [-0.05, 0) is 49.2 Å². The molecule has 3 aromatic heterocycles. The lowest BCUT2D eigenvalue weighted by atomic mass is 9.86. The topological polar surface area (TPSA) is 82.6 Å². The second kappa shape index (κ2) is 7.94. The molecule has 1 saturated heterocycles. The van der Waals surface area contributed by atoms with E-state index in [0.29, 0.717) is 5.82 Å². The molecule has 1 fully saturated rings. The lowest BCUT2D eigenvalue weighted by molar-refractivity contribution is 0.356. The minimum Gasteiger partial charge on any atom is -0.373 e. The molecule has 1 aliphatic rings. The molecule has 1 aromatic carbocycles. The Bertz CT molecular complexity index is 1070. The summed E-state index contributed by atoms with van der Waals surface area (Å²) >= 11 is 0. The van der Waals surface area contributed by atoms with Gasteiger partial charge in [0.1, 0.15) is 11.4 Å². The number of hydrogen-bond acceptors (Lipinski definition) is 6. The van der Waals surface area contributed by atoms with Gasteiger partial charge in [0.25, 0.3) is 0 Å². The van der Waals surface area contributed by atoms with E-state index in [1.807, 2.05) is 48.7 Å². The summed E-state index contributed by atoms with van der Waals surface area (Å²) in [6.07, 6.45) is 7.12. The highest BCUT2D eigenvalue weighted by Gasteiger charge is 2.39. The van der Waals surface area contributed by atoms with Gasteiger partial charge in [-0.3, -0.25) is 10.1 Å². The molecule has 1 aliphatic heterocycles. The van der Waals surface area contributed by atoms with Crippen molar-refractivity contribution in [3.8, 4) is 11.4 Å². The number of hydrogen-bond donors (Lipinski definition) is 2. The van der Waals surface area contributed by atoms with E-state index in [9.17, 15) is 0 Å². The maximum Gasteiger partial charge on any atom is 0.181 e. The maximum atomic E-state index is 4.88. The first-order chi connectivity index (χ1) is 14.8. The van der Waals surface area contributed by atoms with Crippen LogP contribution in [-0.2, 0) is 5.54 Å². The van der Waals surface area contributed by atoms with Gasteiger partial charge in [0.05, 0.1) is 0 Å². The Kier molecular flexibility index (Phi) is 4.85. The van der Waals surface area contributed by atoms with E-state index in [0.717, 1.165) is 48.8 Å². The molecular weight excluding hydrogens is 374 g/mol. The first-order valence-corrected chi connectivity index (χ1v) is 10.1. The van der Waals surface area contributed by atoms with E-state index < -0.39 is 0 Å². The average Bonchev–Trinajstić information content (AvgIpc) is 3.33. The number of H-pyrrole nitrogens is 1. The van der Waals surface area contributed by atoms with Crippen molar-refractivity contribution < 1.29 is 0 Å². The lowest BCUT2D eigenvalue weighted by Crippen LogP contribution is -2.48. The number of aromatic amines is 1. The van der Waals surface area contributed by atoms with Gasteiger partial charge >= 0.3 is 0 Å². The van der Waals surface area contributed by atoms with Crippen molar-refractivity contribution in [1.82, 2.24) is 25.1 Å². The highest BCUT2D eigenvalue weighted by molar-refractivity contribution is 5.54. The zero-order chi connectivity index (χ0) is 20.2. The lowest BCUT2D eigenvalue weighted by Gasteiger charge is -2.42. The molecule has 7 heteroatoms. The van der Waals surface area contributed by atoms with Crippen LogP contribution in [0.5, 0.6) is 0 Å². The molecule has 7 nitrogen and oxygen atoms in total. The van der Waals surface area contributed by atoms with Crippen molar-refractivity contribution in [2.24, 2.45) is 0 Å². The maximum absolute atomic E-state index is 4.88. The number of nitrogens with one attached hydrogen (secondary N) is 2. The number of pyridine rings is 2. The molecule has 0 saturated carbocycles. The Morgan fingerprint density at radius 2 is 1.63 bits per heavy atom. The van der Waals surface area contributed by atoms with Gasteiger partial charge in [-0.2, -0.15) is 5.10 Å². The van der Waals surface area contributed by atoms with Crippen molar-refractivity contribution in [2.45, 2.75) is 18.4 Å². The van der Waals surface area contributed by atoms with Crippen LogP contribution in [0, 0.1) is 0 Å². The normalized spacial score (nSPS) is 15.7. The van der Waals surface area contributed by atoms with Crippen LogP contribution in [0.4, 0.5) is 11.5 Å². The van der Waals surface area contributed by atoms with Gasteiger partial charge in [-0.15, -0.1) is 0 Å². The summed E-state index contributed by atoms with van der Waals surface area (Å²) in [5.41, 5.74) is 1.70. The third-order valence-corrected chi connectivity index (χ3v) is 5.62. The van der Waals surface area contributed by atoms with E-state index in [2.05, 4.69) is 48.6 Å². The van der Waals surface area contributed by atoms with Crippen molar-refractivity contribution in [2.75, 3.05) is 23.3 Å². The molecule has 30 heavy (non-hydrogen) atoms. The quantitative estimate of drug-likeness (QED) is 0.532. The SMILES string of the molecule is c1ccc(NC2(c3nc(-c4ccncc4)n[nH]3)CCN(c3ccccn3)CC2)cc1. The molecule has 150 valence electrons. The summed E-state index contributed by atoms with van der Waals surface area (Å²) in [6.45, 7) is 1.75. The van der Waals surface area contributed by atoms with Crippen molar-refractivity contribution in [3.05, 3.63) is 85.1 Å². The van der Waals surface area contributed by atoms with Crippen LogP contribution in [0.1, 0.15) is 18.7 Å². The Hall–Kier alpha value is -3.74. The number of benzene rings is 1. The van der Waals surface area contributed by atoms with Crippen LogP contribution in [-0.4, -0.2) is 38.2 Å². The fourth-order valence-corrected chi connectivity index (χ4v) is 3.98. The van der Waals surface area contributed by atoms with Gasteiger partial charge in [0, 0.05) is 42.9 Å². The molecule has 4 aromatic rings. The summed E-state index contributed by atoms with van der Waals surface area (Å²) in [5, 5.41) is 11.5. The van der Waals surface area contributed by atoms with Crippen LogP contribution in [0.3, 0.4) is 0 Å². The molecule has 0 amide bonds. The Morgan fingerprint density at radius 3 is 2.37 bits per heavy atom. The van der Waals surface area contributed by atoms with Gasteiger partial charge in [0.15, 0.2) is 11.6 Å². The smallest absolute Gasteiger partial charge is 0.181 e. The number of anilines is 2. The number of piperidine rings is 1. The fraction of sp³-hybridized carbons (Fsp3) is 0.217. The third-order valence-electron chi connectivity index (χ3n) is 5.62. The van der Waals surface area contributed by atoms with Crippen LogP contribution in [0.25, 0.3) is 11.4 Å². The first-order valence-electron chi connectivity index (χ1n) is 10.1. The standard InChI is InChI=1S/C23H23N7/c1-2-6-19(7-3-1)27-23(11-16-30(17-12-23)20-8-4-5-13-25-20)22-26-21(28-29-22)18-9-14-24-15-10-18/h1-10,13-15,27H,11-12,16-17H2,(H,26,28,29). The molecule has 5 rings (SSSR count). The highest BCUT2D eigenvalue weighted by Crippen LogP contribution is 2.36. The van der Waals surface area contributed by atoms with Crippen LogP contribution >= 0.6 is 0 Å². The largest absolute Gasteiger partial charge is 0.373 e. The Labute approximate surface area is 175 Å². The molecule has 0 atom stereocenters. The minimum atomic E-state index is -0.328. The first kappa shape index (κ1) is 18.3.